The van der Waals surface area contributed by atoms with Crippen LogP contribution in [0.3, 0.4) is 0 Å². The quantitative estimate of drug-likeness (QED) is 0.647. The second kappa shape index (κ2) is 6.69. The van der Waals surface area contributed by atoms with Crippen LogP contribution in [-0.4, -0.2) is 35.0 Å². The van der Waals surface area contributed by atoms with E-state index in [9.17, 15) is 19.5 Å². The monoisotopic (exact) mass is 324 g/mol. The van der Waals surface area contributed by atoms with Gasteiger partial charge in [-0.3, -0.25) is 9.59 Å². The van der Waals surface area contributed by atoms with Crippen molar-refractivity contribution in [2.24, 2.45) is 11.8 Å². The number of ether oxygens (including phenoxy) is 1. The normalized spacial score (nSPS) is 20.5. The Labute approximate surface area is 131 Å². The average Bonchev–Trinajstić information content (AvgIpc) is 2.86. The van der Waals surface area contributed by atoms with Crippen molar-refractivity contribution in [2.75, 3.05) is 12.4 Å². The molecule has 8 heteroatoms. The Kier molecular flexibility index (Phi) is 4.92. The molecule has 1 aliphatic rings. The lowest BCUT2D eigenvalue weighted by Gasteiger charge is -2.23. The largest absolute Gasteiger partial charge is 0.481 e. The highest BCUT2D eigenvalue weighted by Gasteiger charge is 2.34. The van der Waals surface area contributed by atoms with Gasteiger partial charge < -0.3 is 15.2 Å². The van der Waals surface area contributed by atoms with Crippen LogP contribution in [0.2, 0.25) is 0 Å². The fourth-order valence-corrected chi connectivity index (χ4v) is 3.19. The number of aromatic nitrogens is 1. The van der Waals surface area contributed by atoms with Gasteiger partial charge in [0.15, 0.2) is 5.13 Å². The van der Waals surface area contributed by atoms with Crippen LogP contribution in [0.5, 0.6) is 0 Å². The molecule has 0 radical (unpaired) electrons. The molecule has 1 heterocycles. The zero-order valence-electron chi connectivity index (χ0n) is 12.2. The molecule has 0 saturated heterocycles. The maximum absolute atomic E-state index is 12.3. The minimum atomic E-state index is -0.991. The second-order valence-electron chi connectivity index (χ2n) is 4.91. The summed E-state index contributed by atoms with van der Waals surface area (Å²) in [7, 11) is 1.27. The highest BCUT2D eigenvalue weighted by atomic mass is 32.1. The highest BCUT2D eigenvalue weighted by Crippen LogP contribution is 2.29. The van der Waals surface area contributed by atoms with Gasteiger partial charge >= 0.3 is 11.9 Å². The SMILES string of the molecule is COC(=O)c1sc(NC(=O)[C@@H]2CC=CC[C@@H]2C(=O)O)nc1C. The second-order valence-corrected chi connectivity index (χ2v) is 5.91. The molecule has 0 unspecified atom stereocenters. The van der Waals surface area contributed by atoms with Gasteiger partial charge in [0, 0.05) is 0 Å². The number of aryl methyl sites for hydroxylation is 1. The van der Waals surface area contributed by atoms with E-state index in [4.69, 9.17) is 0 Å². The number of nitrogens with zero attached hydrogens (tertiary/aromatic N) is 1. The molecular formula is C14H16N2O5S. The van der Waals surface area contributed by atoms with E-state index < -0.39 is 29.7 Å². The van der Waals surface area contributed by atoms with E-state index in [0.717, 1.165) is 11.3 Å². The lowest BCUT2D eigenvalue weighted by molar-refractivity contribution is -0.146. The first-order valence-corrected chi connectivity index (χ1v) is 7.50. The maximum atomic E-state index is 12.3. The first-order valence-electron chi connectivity index (χ1n) is 6.68. The molecule has 2 rings (SSSR count). The van der Waals surface area contributed by atoms with Crippen LogP contribution >= 0.6 is 11.3 Å². The molecule has 0 bridgehead atoms. The predicted octanol–water partition coefficient (Wildman–Crippen LogP) is 1.84. The summed E-state index contributed by atoms with van der Waals surface area (Å²) in [6.45, 7) is 1.64. The molecule has 0 aromatic carbocycles. The number of methoxy groups -OCH3 is 1. The molecule has 1 aliphatic carbocycles. The number of carbonyl (C=O) groups excluding carboxylic acids is 2. The summed E-state index contributed by atoms with van der Waals surface area (Å²) < 4.78 is 4.63. The van der Waals surface area contributed by atoms with Crippen molar-refractivity contribution in [3.8, 4) is 0 Å². The summed E-state index contributed by atoms with van der Waals surface area (Å²) in [5.41, 5.74) is 0.463. The van der Waals surface area contributed by atoms with Crippen LogP contribution in [0.4, 0.5) is 5.13 Å². The van der Waals surface area contributed by atoms with Crippen LogP contribution in [0.1, 0.15) is 28.2 Å². The first kappa shape index (κ1) is 16.2. The molecule has 0 fully saturated rings. The van der Waals surface area contributed by atoms with Gasteiger partial charge in [0.2, 0.25) is 5.91 Å². The Morgan fingerprint density at radius 1 is 1.32 bits per heavy atom. The lowest BCUT2D eigenvalue weighted by Crippen LogP contribution is -2.34. The van der Waals surface area contributed by atoms with Crippen molar-refractivity contribution in [3.63, 3.8) is 0 Å². The Bertz CT molecular complexity index is 637. The number of nitrogens with one attached hydrogen (secondary N) is 1. The van der Waals surface area contributed by atoms with Gasteiger partial charge in [0.1, 0.15) is 4.88 Å². The molecule has 2 N–H and O–H groups in total. The number of esters is 1. The van der Waals surface area contributed by atoms with Crippen LogP contribution < -0.4 is 5.32 Å². The van der Waals surface area contributed by atoms with E-state index >= 15 is 0 Å². The predicted molar refractivity (Wildman–Crippen MR) is 79.8 cm³/mol. The molecule has 1 amide bonds. The summed E-state index contributed by atoms with van der Waals surface area (Å²) >= 11 is 1.01. The van der Waals surface area contributed by atoms with Crippen molar-refractivity contribution in [1.29, 1.82) is 0 Å². The highest BCUT2D eigenvalue weighted by molar-refractivity contribution is 7.17. The fraction of sp³-hybridized carbons (Fsp3) is 0.429. The molecular weight excluding hydrogens is 308 g/mol. The van der Waals surface area contributed by atoms with Crippen molar-refractivity contribution >= 4 is 34.3 Å². The van der Waals surface area contributed by atoms with Crippen molar-refractivity contribution in [3.05, 3.63) is 22.7 Å². The molecule has 0 spiro atoms. The summed E-state index contributed by atoms with van der Waals surface area (Å²) in [4.78, 5) is 39.5. The zero-order chi connectivity index (χ0) is 16.3. The Morgan fingerprint density at radius 2 is 1.95 bits per heavy atom. The Morgan fingerprint density at radius 3 is 2.55 bits per heavy atom. The topological polar surface area (TPSA) is 106 Å². The molecule has 2 atom stereocenters. The number of carbonyl (C=O) groups is 3. The van der Waals surface area contributed by atoms with Gasteiger partial charge in [-0.1, -0.05) is 23.5 Å². The molecule has 1 aromatic heterocycles. The summed E-state index contributed by atoms with van der Waals surface area (Å²) in [6, 6.07) is 0. The number of aliphatic carboxylic acids is 1. The number of allylic oxidation sites excluding steroid dienone is 2. The third-order valence-corrected chi connectivity index (χ3v) is 4.54. The van der Waals surface area contributed by atoms with Crippen LogP contribution in [-0.2, 0) is 14.3 Å². The third-order valence-electron chi connectivity index (χ3n) is 3.48. The Hall–Kier alpha value is -2.22. The smallest absolute Gasteiger partial charge is 0.350 e. The van der Waals surface area contributed by atoms with Gasteiger partial charge in [0.05, 0.1) is 24.6 Å². The summed E-state index contributed by atoms with van der Waals surface area (Å²) in [6.07, 6.45) is 4.27. The van der Waals surface area contributed by atoms with Gasteiger partial charge in [-0.15, -0.1) is 0 Å². The molecule has 7 nitrogen and oxygen atoms in total. The van der Waals surface area contributed by atoms with Crippen molar-refractivity contribution in [1.82, 2.24) is 4.98 Å². The lowest BCUT2D eigenvalue weighted by atomic mass is 9.82. The zero-order valence-corrected chi connectivity index (χ0v) is 13.0. The standard InChI is InChI=1S/C14H16N2O5S/c1-7-10(13(20)21-2)22-14(15-7)16-11(17)8-5-3-4-6-9(8)12(18)19/h3-4,8-9H,5-6H2,1-2H3,(H,18,19)(H,15,16,17)/t8-,9+/m1/s1. The number of anilines is 1. The average molecular weight is 324 g/mol. The van der Waals surface area contributed by atoms with E-state index in [2.05, 4.69) is 15.0 Å². The number of hydrogen-bond acceptors (Lipinski definition) is 6. The van der Waals surface area contributed by atoms with E-state index in [0.29, 0.717) is 23.4 Å². The molecule has 118 valence electrons. The number of rotatable bonds is 4. The van der Waals surface area contributed by atoms with Gasteiger partial charge in [0.25, 0.3) is 0 Å². The van der Waals surface area contributed by atoms with E-state index in [1.54, 1.807) is 19.1 Å². The molecule has 22 heavy (non-hydrogen) atoms. The molecule has 1 aromatic rings. The summed E-state index contributed by atoms with van der Waals surface area (Å²) in [5, 5.41) is 12.1. The first-order chi connectivity index (χ1) is 10.4. The fourth-order valence-electron chi connectivity index (χ4n) is 2.31. The van der Waals surface area contributed by atoms with Crippen LogP contribution in [0.15, 0.2) is 12.2 Å². The van der Waals surface area contributed by atoms with Crippen molar-refractivity contribution < 1.29 is 24.2 Å². The number of carboxylic acid groups (broad SMARTS) is 1. The maximum Gasteiger partial charge on any atom is 0.350 e. The van der Waals surface area contributed by atoms with Crippen LogP contribution in [0.25, 0.3) is 0 Å². The van der Waals surface area contributed by atoms with Crippen molar-refractivity contribution in [2.45, 2.75) is 19.8 Å². The molecule has 0 aliphatic heterocycles. The Balaban J connectivity index is 2.13. The van der Waals surface area contributed by atoms with E-state index in [-0.39, 0.29) is 5.13 Å². The third kappa shape index (κ3) is 3.33. The molecule has 0 saturated carbocycles. The minimum absolute atomic E-state index is 0.265. The van der Waals surface area contributed by atoms with Gasteiger partial charge in [-0.25, -0.2) is 9.78 Å². The van der Waals surface area contributed by atoms with Gasteiger partial charge in [-0.05, 0) is 19.8 Å². The number of amides is 1. The number of thiazole rings is 1. The van der Waals surface area contributed by atoms with Gasteiger partial charge in [-0.2, -0.15) is 0 Å². The van der Waals surface area contributed by atoms with E-state index in [1.807, 2.05) is 0 Å². The number of carboxylic acids is 1. The minimum Gasteiger partial charge on any atom is -0.481 e. The summed E-state index contributed by atoms with van der Waals surface area (Å²) in [5.74, 6) is -3.30. The number of hydrogen-bond donors (Lipinski definition) is 2. The van der Waals surface area contributed by atoms with E-state index in [1.165, 1.54) is 7.11 Å². The van der Waals surface area contributed by atoms with Crippen LogP contribution in [0, 0.1) is 18.8 Å².